The highest BCUT2D eigenvalue weighted by atomic mass is 35.5. The van der Waals surface area contributed by atoms with Crippen molar-refractivity contribution >= 4 is 29.3 Å². The van der Waals surface area contributed by atoms with Crippen molar-refractivity contribution in [2.45, 2.75) is 43.4 Å². The minimum atomic E-state index is 0.298. The second-order valence-electron chi connectivity index (χ2n) is 5.18. The Labute approximate surface area is 130 Å². The van der Waals surface area contributed by atoms with Crippen LogP contribution in [0, 0.1) is 0 Å². The molecule has 0 unspecified atom stereocenters. The van der Waals surface area contributed by atoms with Gasteiger partial charge < -0.3 is 4.90 Å². The van der Waals surface area contributed by atoms with Gasteiger partial charge in [0.05, 0.1) is 5.02 Å². The predicted octanol–water partition coefficient (Wildman–Crippen LogP) is 4.61. The molecule has 4 heteroatoms. The Balaban J connectivity index is 1.75. The van der Waals surface area contributed by atoms with Crippen LogP contribution in [0.3, 0.4) is 0 Å². The van der Waals surface area contributed by atoms with Gasteiger partial charge in [-0.2, -0.15) is 0 Å². The molecule has 1 aliphatic rings. The molecule has 0 aliphatic carbocycles. The molecule has 1 aliphatic heterocycles. The van der Waals surface area contributed by atoms with Crippen LogP contribution in [0.2, 0.25) is 5.02 Å². The van der Waals surface area contributed by atoms with Gasteiger partial charge in [0.25, 0.3) is 0 Å². The van der Waals surface area contributed by atoms with Crippen molar-refractivity contribution in [3.05, 3.63) is 29.3 Å². The number of benzene rings is 1. The van der Waals surface area contributed by atoms with Crippen LogP contribution in [-0.4, -0.2) is 29.6 Å². The van der Waals surface area contributed by atoms with Crippen molar-refractivity contribution in [1.82, 2.24) is 4.90 Å². The number of thioether (sulfide) groups is 1. The molecule has 0 aromatic heterocycles. The third-order valence-corrected chi connectivity index (χ3v) is 5.14. The summed E-state index contributed by atoms with van der Waals surface area (Å²) in [5.74, 6) is 1.10. The van der Waals surface area contributed by atoms with Crippen LogP contribution in [-0.2, 0) is 4.79 Å². The molecule has 1 heterocycles. The van der Waals surface area contributed by atoms with E-state index in [4.69, 9.17) is 11.6 Å². The Bertz CT molecular complexity index is 430. The van der Waals surface area contributed by atoms with E-state index < -0.39 is 0 Å². The Morgan fingerprint density at radius 2 is 1.75 bits per heavy atom. The first kappa shape index (κ1) is 15.7. The molecule has 0 radical (unpaired) electrons. The summed E-state index contributed by atoms with van der Waals surface area (Å²) in [6.07, 6.45) is 6.77. The summed E-state index contributed by atoms with van der Waals surface area (Å²) in [6, 6.07) is 7.81. The summed E-state index contributed by atoms with van der Waals surface area (Å²) in [5.41, 5.74) is 0. The van der Waals surface area contributed by atoms with E-state index in [1.807, 2.05) is 29.2 Å². The molecule has 110 valence electrons. The summed E-state index contributed by atoms with van der Waals surface area (Å²) in [7, 11) is 0. The topological polar surface area (TPSA) is 20.3 Å². The van der Waals surface area contributed by atoms with Gasteiger partial charge in [0, 0.05) is 30.2 Å². The highest BCUT2D eigenvalue weighted by molar-refractivity contribution is 7.99. The normalized spacial score (nSPS) is 16.6. The van der Waals surface area contributed by atoms with Gasteiger partial charge in [0.2, 0.25) is 5.91 Å². The zero-order valence-electron chi connectivity index (χ0n) is 11.8. The Hall–Kier alpha value is -0.670. The fraction of sp³-hybridized carbons (Fsp3) is 0.562. The summed E-state index contributed by atoms with van der Waals surface area (Å²) in [6.45, 7) is 1.88. The van der Waals surface area contributed by atoms with Crippen molar-refractivity contribution < 1.29 is 4.79 Å². The molecule has 0 saturated carbocycles. The Morgan fingerprint density at radius 1 is 1.10 bits per heavy atom. The van der Waals surface area contributed by atoms with E-state index in [2.05, 4.69) is 0 Å². The van der Waals surface area contributed by atoms with Gasteiger partial charge in [0.15, 0.2) is 0 Å². The van der Waals surface area contributed by atoms with E-state index >= 15 is 0 Å². The molecule has 2 rings (SSSR count). The summed E-state index contributed by atoms with van der Waals surface area (Å²) >= 11 is 7.78. The number of amides is 1. The maximum Gasteiger partial charge on any atom is 0.223 e. The first-order chi connectivity index (χ1) is 9.77. The fourth-order valence-electron chi connectivity index (χ4n) is 2.47. The number of hydrogen-bond donors (Lipinski definition) is 0. The van der Waals surface area contributed by atoms with Gasteiger partial charge >= 0.3 is 0 Å². The molecule has 0 atom stereocenters. The van der Waals surface area contributed by atoms with Crippen LogP contribution < -0.4 is 0 Å². The summed E-state index contributed by atoms with van der Waals surface area (Å²) < 4.78 is 0. The molecule has 0 spiro atoms. The zero-order chi connectivity index (χ0) is 14.2. The van der Waals surface area contributed by atoms with E-state index in [-0.39, 0.29) is 0 Å². The van der Waals surface area contributed by atoms with E-state index in [1.54, 1.807) is 11.8 Å². The summed E-state index contributed by atoms with van der Waals surface area (Å²) in [5, 5.41) is 0.774. The highest BCUT2D eigenvalue weighted by Gasteiger charge is 2.14. The second-order valence-corrected chi connectivity index (χ2v) is 6.72. The summed E-state index contributed by atoms with van der Waals surface area (Å²) in [4.78, 5) is 15.3. The van der Waals surface area contributed by atoms with Gasteiger partial charge in [0.1, 0.15) is 0 Å². The van der Waals surface area contributed by atoms with Crippen molar-refractivity contribution in [1.29, 1.82) is 0 Å². The zero-order valence-corrected chi connectivity index (χ0v) is 13.4. The fourth-order valence-corrected chi connectivity index (χ4v) is 3.64. The smallest absolute Gasteiger partial charge is 0.223 e. The lowest BCUT2D eigenvalue weighted by Crippen LogP contribution is -2.33. The molecule has 1 fully saturated rings. The molecule has 0 N–H and O–H groups in total. The molecular weight excluding hydrogens is 290 g/mol. The molecule has 1 saturated heterocycles. The minimum absolute atomic E-state index is 0.298. The monoisotopic (exact) mass is 311 g/mol. The quantitative estimate of drug-likeness (QED) is 0.756. The van der Waals surface area contributed by atoms with E-state index in [0.29, 0.717) is 12.3 Å². The molecule has 1 aromatic carbocycles. The van der Waals surface area contributed by atoms with E-state index in [1.165, 1.54) is 19.3 Å². The first-order valence-corrected chi connectivity index (χ1v) is 8.79. The van der Waals surface area contributed by atoms with Gasteiger partial charge in [-0.1, -0.05) is 43.0 Å². The number of carbonyl (C=O) groups excluding carboxylic acids is 1. The van der Waals surface area contributed by atoms with Gasteiger partial charge in [-0.05, 0) is 25.0 Å². The molecule has 1 amide bonds. The van der Waals surface area contributed by atoms with E-state index in [0.717, 1.165) is 41.6 Å². The van der Waals surface area contributed by atoms with Crippen LogP contribution >= 0.6 is 23.4 Å². The van der Waals surface area contributed by atoms with E-state index in [9.17, 15) is 4.79 Å². The van der Waals surface area contributed by atoms with Crippen molar-refractivity contribution in [3.8, 4) is 0 Å². The average Bonchev–Trinajstić information content (AvgIpc) is 2.40. The molecular formula is C16H22ClNOS. The number of nitrogens with zero attached hydrogens (tertiary/aromatic N) is 1. The molecule has 20 heavy (non-hydrogen) atoms. The number of hydrogen-bond acceptors (Lipinski definition) is 2. The Morgan fingerprint density at radius 3 is 2.45 bits per heavy atom. The first-order valence-electron chi connectivity index (χ1n) is 7.42. The van der Waals surface area contributed by atoms with Crippen LogP contribution in [0.4, 0.5) is 0 Å². The number of likely N-dealkylation sites (tertiary alicyclic amines) is 1. The van der Waals surface area contributed by atoms with Gasteiger partial charge in [-0.25, -0.2) is 0 Å². The van der Waals surface area contributed by atoms with Crippen LogP contribution in [0.25, 0.3) is 0 Å². The standard InChI is InChI=1S/C16H22ClNOS/c17-14-8-4-5-9-15(14)20-13-10-16(19)18-11-6-2-1-3-7-12-18/h4-5,8-9H,1-3,6-7,10-13H2. The second kappa shape index (κ2) is 8.58. The van der Waals surface area contributed by atoms with Crippen molar-refractivity contribution in [2.24, 2.45) is 0 Å². The molecule has 1 aromatic rings. The average molecular weight is 312 g/mol. The largest absolute Gasteiger partial charge is 0.343 e. The van der Waals surface area contributed by atoms with Crippen molar-refractivity contribution in [2.75, 3.05) is 18.8 Å². The van der Waals surface area contributed by atoms with Gasteiger partial charge in [-0.15, -0.1) is 11.8 Å². The maximum atomic E-state index is 12.2. The van der Waals surface area contributed by atoms with Crippen LogP contribution in [0.15, 0.2) is 29.2 Å². The van der Waals surface area contributed by atoms with Gasteiger partial charge in [-0.3, -0.25) is 4.79 Å². The number of halogens is 1. The highest BCUT2D eigenvalue weighted by Crippen LogP contribution is 2.27. The number of rotatable bonds is 4. The third-order valence-electron chi connectivity index (χ3n) is 3.62. The lowest BCUT2D eigenvalue weighted by molar-refractivity contribution is -0.131. The lowest BCUT2D eigenvalue weighted by Gasteiger charge is -2.24. The molecule has 0 bridgehead atoms. The molecule has 2 nitrogen and oxygen atoms in total. The van der Waals surface area contributed by atoms with Crippen LogP contribution in [0.5, 0.6) is 0 Å². The van der Waals surface area contributed by atoms with Crippen LogP contribution in [0.1, 0.15) is 38.5 Å². The third kappa shape index (κ3) is 5.02. The predicted molar refractivity (Wildman–Crippen MR) is 86.5 cm³/mol. The Kier molecular flexibility index (Phi) is 6.74. The SMILES string of the molecule is O=C(CCSc1ccccc1Cl)N1CCCCCCC1. The minimum Gasteiger partial charge on any atom is -0.343 e. The number of carbonyl (C=O) groups is 1. The lowest BCUT2D eigenvalue weighted by atomic mass is 10.1. The van der Waals surface area contributed by atoms with Crippen molar-refractivity contribution in [3.63, 3.8) is 0 Å². The maximum absolute atomic E-state index is 12.2.